The number of rotatable bonds is 3. The molecule has 4 nitrogen and oxygen atoms in total. The highest BCUT2D eigenvalue weighted by Gasteiger charge is 2.13. The fourth-order valence-electron chi connectivity index (χ4n) is 1.39. The Balaban J connectivity index is 3.37. The van der Waals surface area contributed by atoms with Crippen molar-refractivity contribution in [1.82, 2.24) is 0 Å². The largest absolute Gasteiger partial charge is 0.298 e. The Bertz CT molecular complexity index is 385. The summed E-state index contributed by atoms with van der Waals surface area (Å²) in [5, 5.41) is 10.6. The van der Waals surface area contributed by atoms with Crippen LogP contribution in [-0.4, -0.2) is 11.2 Å². The van der Waals surface area contributed by atoms with Gasteiger partial charge >= 0.3 is 0 Å². The molecule has 1 rings (SSSR count). The van der Waals surface area contributed by atoms with Gasteiger partial charge in [-0.2, -0.15) is 0 Å². The highest BCUT2D eigenvalue weighted by Crippen LogP contribution is 2.22. The molecule has 0 spiro atoms. The van der Waals surface area contributed by atoms with E-state index in [0.717, 1.165) is 5.56 Å². The predicted molar refractivity (Wildman–Crippen MR) is 52.6 cm³/mol. The topological polar surface area (TPSA) is 60.2 Å². The van der Waals surface area contributed by atoms with Crippen molar-refractivity contribution in [1.29, 1.82) is 0 Å². The Morgan fingerprint density at radius 2 is 2.14 bits per heavy atom. The zero-order valence-corrected chi connectivity index (χ0v) is 8.11. The molecule has 74 valence electrons. The van der Waals surface area contributed by atoms with Gasteiger partial charge in [-0.05, 0) is 25.0 Å². The lowest BCUT2D eigenvalue weighted by Gasteiger charge is -2.03. The summed E-state index contributed by atoms with van der Waals surface area (Å²) in [4.78, 5) is 20.8. The highest BCUT2D eigenvalue weighted by atomic mass is 16.6. The average Bonchev–Trinajstić information content (AvgIpc) is 2.16. The van der Waals surface area contributed by atoms with Gasteiger partial charge in [-0.3, -0.25) is 14.9 Å². The van der Waals surface area contributed by atoms with Gasteiger partial charge in [0.1, 0.15) is 0 Å². The van der Waals surface area contributed by atoms with Crippen molar-refractivity contribution in [2.45, 2.75) is 20.3 Å². The molecule has 0 aliphatic rings. The molecule has 0 saturated heterocycles. The minimum atomic E-state index is -0.470. The Hall–Kier alpha value is -1.71. The van der Waals surface area contributed by atoms with Gasteiger partial charge in [0.2, 0.25) is 0 Å². The van der Waals surface area contributed by atoms with E-state index in [1.165, 1.54) is 6.07 Å². The summed E-state index contributed by atoms with van der Waals surface area (Å²) in [7, 11) is 0. The van der Waals surface area contributed by atoms with Crippen molar-refractivity contribution in [3.05, 3.63) is 38.9 Å². The van der Waals surface area contributed by atoms with Gasteiger partial charge in [-0.1, -0.05) is 6.92 Å². The number of hydrogen-bond donors (Lipinski definition) is 0. The summed E-state index contributed by atoms with van der Waals surface area (Å²) in [5.74, 6) is 0. The second kappa shape index (κ2) is 4.00. The van der Waals surface area contributed by atoms with Crippen molar-refractivity contribution in [2.75, 3.05) is 0 Å². The summed E-state index contributed by atoms with van der Waals surface area (Å²) in [6, 6.07) is 3.03. The molecule has 0 heterocycles. The zero-order chi connectivity index (χ0) is 10.7. The van der Waals surface area contributed by atoms with E-state index in [-0.39, 0.29) is 5.69 Å². The van der Waals surface area contributed by atoms with Crippen LogP contribution < -0.4 is 0 Å². The van der Waals surface area contributed by atoms with E-state index >= 15 is 0 Å². The van der Waals surface area contributed by atoms with Crippen molar-refractivity contribution in [2.24, 2.45) is 0 Å². The third kappa shape index (κ3) is 1.79. The second-order valence-corrected chi connectivity index (χ2v) is 3.07. The summed E-state index contributed by atoms with van der Waals surface area (Å²) in [6.45, 7) is 3.58. The van der Waals surface area contributed by atoms with Crippen LogP contribution in [0.5, 0.6) is 0 Å². The molecule has 0 unspecified atom stereocenters. The van der Waals surface area contributed by atoms with Crippen LogP contribution in [0.2, 0.25) is 0 Å². The predicted octanol–water partition coefficient (Wildman–Crippen LogP) is 2.28. The zero-order valence-electron chi connectivity index (χ0n) is 8.11. The van der Waals surface area contributed by atoms with Crippen molar-refractivity contribution < 1.29 is 9.72 Å². The normalized spacial score (nSPS) is 9.86. The van der Waals surface area contributed by atoms with Crippen molar-refractivity contribution in [3.8, 4) is 0 Å². The number of nitrogens with zero attached hydrogens (tertiary/aromatic N) is 1. The first-order chi connectivity index (χ1) is 6.60. The van der Waals surface area contributed by atoms with Crippen LogP contribution in [0.4, 0.5) is 5.69 Å². The van der Waals surface area contributed by atoms with Crippen LogP contribution in [0, 0.1) is 17.0 Å². The van der Waals surface area contributed by atoms with Gasteiger partial charge in [0, 0.05) is 17.2 Å². The molecule has 0 aliphatic carbocycles. The lowest BCUT2D eigenvalue weighted by atomic mass is 10.0. The van der Waals surface area contributed by atoms with E-state index < -0.39 is 4.92 Å². The van der Waals surface area contributed by atoms with E-state index in [1.54, 1.807) is 13.0 Å². The first kappa shape index (κ1) is 10.4. The number of carbonyl (C=O) groups excluding carboxylic acids is 1. The smallest absolute Gasteiger partial charge is 0.273 e. The Morgan fingerprint density at radius 3 is 2.57 bits per heavy atom. The first-order valence-corrected chi connectivity index (χ1v) is 4.33. The first-order valence-electron chi connectivity index (χ1n) is 4.33. The lowest BCUT2D eigenvalue weighted by molar-refractivity contribution is -0.385. The highest BCUT2D eigenvalue weighted by molar-refractivity contribution is 5.79. The van der Waals surface area contributed by atoms with E-state index in [1.807, 2.05) is 6.92 Å². The molecule has 1 aromatic rings. The molecule has 0 aliphatic heterocycles. The summed E-state index contributed by atoms with van der Waals surface area (Å²) >= 11 is 0. The van der Waals surface area contributed by atoms with Gasteiger partial charge in [0.05, 0.1) is 4.92 Å². The quantitative estimate of drug-likeness (QED) is 0.420. The fraction of sp³-hybridized carbons (Fsp3) is 0.300. The van der Waals surface area contributed by atoms with Crippen molar-refractivity contribution >= 4 is 12.0 Å². The molecule has 0 aromatic heterocycles. The lowest BCUT2D eigenvalue weighted by Crippen LogP contribution is -1.97. The second-order valence-electron chi connectivity index (χ2n) is 3.07. The summed E-state index contributed by atoms with van der Waals surface area (Å²) in [6.07, 6.45) is 1.36. The van der Waals surface area contributed by atoms with Crippen molar-refractivity contribution in [3.63, 3.8) is 0 Å². The molecule has 14 heavy (non-hydrogen) atoms. The maximum atomic E-state index is 10.6. The number of benzene rings is 1. The number of aryl methyl sites for hydroxylation is 2. The van der Waals surface area contributed by atoms with E-state index in [2.05, 4.69) is 0 Å². The van der Waals surface area contributed by atoms with Crippen LogP contribution in [0.15, 0.2) is 12.1 Å². The minimum Gasteiger partial charge on any atom is -0.298 e. The molecule has 0 bridgehead atoms. The maximum Gasteiger partial charge on any atom is 0.273 e. The van der Waals surface area contributed by atoms with E-state index in [0.29, 0.717) is 23.8 Å². The molecule has 0 amide bonds. The molecular weight excluding hydrogens is 182 g/mol. The maximum absolute atomic E-state index is 10.6. The van der Waals surface area contributed by atoms with Crippen LogP contribution in [0.3, 0.4) is 0 Å². The Morgan fingerprint density at radius 1 is 1.50 bits per heavy atom. The summed E-state index contributed by atoms with van der Waals surface area (Å²) in [5.41, 5.74) is 1.86. The number of aldehydes is 1. The monoisotopic (exact) mass is 193 g/mol. The Labute approximate surface area is 81.7 Å². The van der Waals surface area contributed by atoms with Gasteiger partial charge in [0.25, 0.3) is 5.69 Å². The van der Waals surface area contributed by atoms with Gasteiger partial charge in [-0.15, -0.1) is 0 Å². The van der Waals surface area contributed by atoms with E-state index in [4.69, 9.17) is 0 Å². The van der Waals surface area contributed by atoms with Crippen LogP contribution in [0.1, 0.15) is 28.4 Å². The Kier molecular flexibility index (Phi) is 2.96. The number of carbonyl (C=O) groups is 1. The molecule has 0 N–H and O–H groups in total. The number of nitro benzene ring substituents is 1. The molecule has 4 heteroatoms. The standard InChI is InChI=1S/C10H11NO3/c1-3-8-4-7(2)10(11(13)14)5-9(8)6-12/h4-6H,3H2,1-2H3. The average molecular weight is 193 g/mol. The van der Waals surface area contributed by atoms with E-state index in [9.17, 15) is 14.9 Å². The number of nitro groups is 1. The third-order valence-electron chi connectivity index (χ3n) is 2.16. The summed E-state index contributed by atoms with van der Waals surface area (Å²) < 4.78 is 0. The molecule has 0 radical (unpaired) electrons. The van der Waals surface area contributed by atoms with Crippen LogP contribution in [-0.2, 0) is 6.42 Å². The molecular formula is C10H11NO3. The van der Waals surface area contributed by atoms with Gasteiger partial charge in [-0.25, -0.2) is 0 Å². The van der Waals surface area contributed by atoms with Crippen LogP contribution >= 0.6 is 0 Å². The fourth-order valence-corrected chi connectivity index (χ4v) is 1.39. The minimum absolute atomic E-state index is 0.00398. The SMILES string of the molecule is CCc1cc(C)c([N+](=O)[O-])cc1C=O. The van der Waals surface area contributed by atoms with Gasteiger partial charge < -0.3 is 0 Å². The molecule has 1 aromatic carbocycles. The molecule has 0 fully saturated rings. The third-order valence-corrected chi connectivity index (χ3v) is 2.16. The van der Waals surface area contributed by atoms with Crippen LogP contribution in [0.25, 0.3) is 0 Å². The molecule has 0 atom stereocenters. The van der Waals surface area contributed by atoms with Gasteiger partial charge in [0.15, 0.2) is 6.29 Å². The molecule has 0 saturated carbocycles. The number of hydrogen-bond acceptors (Lipinski definition) is 3.